The van der Waals surface area contributed by atoms with Gasteiger partial charge < -0.3 is 15.1 Å². The monoisotopic (exact) mass is 322 g/mol. The Kier molecular flexibility index (Phi) is 3.33. The first-order chi connectivity index (χ1) is 9.15. The number of rotatable bonds is 1. The van der Waals surface area contributed by atoms with Crippen LogP contribution in [0.15, 0.2) is 33.2 Å². The lowest BCUT2D eigenvalue weighted by molar-refractivity contribution is 0.0679. The van der Waals surface area contributed by atoms with Crippen LogP contribution in [0.1, 0.15) is 23.4 Å². The van der Waals surface area contributed by atoms with Crippen LogP contribution in [0, 0.1) is 0 Å². The highest BCUT2D eigenvalue weighted by atomic mass is 79.9. The van der Waals surface area contributed by atoms with Crippen molar-refractivity contribution in [2.75, 3.05) is 13.1 Å². The number of halogens is 1. The van der Waals surface area contributed by atoms with Gasteiger partial charge in [0.25, 0.3) is 5.91 Å². The molecule has 1 unspecified atom stereocenters. The molecule has 1 aromatic heterocycles. The van der Waals surface area contributed by atoms with E-state index in [0.29, 0.717) is 12.3 Å². The third-order valence-electron chi connectivity index (χ3n) is 3.46. The fourth-order valence-electron chi connectivity index (χ4n) is 2.48. The number of benzene rings is 1. The van der Waals surface area contributed by atoms with Crippen LogP contribution in [0.4, 0.5) is 0 Å². The fourth-order valence-corrected chi connectivity index (χ4v) is 2.94. The van der Waals surface area contributed by atoms with E-state index in [2.05, 4.69) is 15.9 Å². The summed E-state index contributed by atoms with van der Waals surface area (Å²) in [5, 5.41) is 0.923. The number of furan rings is 1. The number of hydrogen-bond acceptors (Lipinski definition) is 3. The quantitative estimate of drug-likeness (QED) is 0.878. The maximum Gasteiger partial charge on any atom is 0.289 e. The fraction of sp³-hybridized carbons (Fsp3) is 0.357. The molecular formula is C14H15BrN2O2. The standard InChI is InChI=1S/C14H15BrN2O2/c15-11-4-1-5-12-10(11)7-13(19-12)14(18)17-6-2-3-9(16)8-17/h1,4-5,7,9H,2-3,6,8,16H2. The van der Waals surface area contributed by atoms with Crippen LogP contribution in [0.3, 0.4) is 0 Å². The van der Waals surface area contributed by atoms with Crippen LogP contribution in [-0.2, 0) is 0 Å². The normalized spacial score (nSPS) is 19.9. The zero-order valence-corrected chi connectivity index (χ0v) is 12.0. The Bertz CT molecular complexity index is 623. The molecule has 1 fully saturated rings. The Labute approximate surface area is 119 Å². The number of carbonyl (C=O) groups is 1. The van der Waals surface area contributed by atoms with E-state index in [1.54, 1.807) is 11.0 Å². The number of piperidine rings is 1. The summed E-state index contributed by atoms with van der Waals surface area (Å²) in [6.07, 6.45) is 1.94. The van der Waals surface area contributed by atoms with Gasteiger partial charge in [-0.1, -0.05) is 22.0 Å². The molecule has 1 aliphatic rings. The van der Waals surface area contributed by atoms with E-state index in [1.165, 1.54) is 0 Å². The second kappa shape index (κ2) is 4.98. The smallest absolute Gasteiger partial charge is 0.289 e. The molecule has 0 saturated carbocycles. The van der Waals surface area contributed by atoms with Crippen molar-refractivity contribution in [2.45, 2.75) is 18.9 Å². The number of hydrogen-bond donors (Lipinski definition) is 1. The van der Waals surface area contributed by atoms with Crippen molar-refractivity contribution in [1.29, 1.82) is 0 Å². The van der Waals surface area contributed by atoms with Crippen molar-refractivity contribution in [2.24, 2.45) is 5.73 Å². The van der Waals surface area contributed by atoms with Crippen LogP contribution >= 0.6 is 15.9 Å². The van der Waals surface area contributed by atoms with Gasteiger partial charge in [0, 0.05) is 29.0 Å². The molecule has 1 aliphatic heterocycles. The third kappa shape index (κ3) is 2.40. The Morgan fingerprint density at radius 1 is 1.47 bits per heavy atom. The molecule has 1 aromatic carbocycles. The predicted molar refractivity (Wildman–Crippen MR) is 77.0 cm³/mol. The number of amides is 1. The van der Waals surface area contributed by atoms with Crippen LogP contribution < -0.4 is 5.73 Å². The molecule has 1 saturated heterocycles. The number of fused-ring (bicyclic) bond motifs is 1. The van der Waals surface area contributed by atoms with Gasteiger partial charge in [0.1, 0.15) is 5.58 Å². The van der Waals surface area contributed by atoms with E-state index in [4.69, 9.17) is 10.2 Å². The van der Waals surface area contributed by atoms with Gasteiger partial charge in [-0.25, -0.2) is 0 Å². The number of likely N-dealkylation sites (tertiary alicyclic amines) is 1. The lowest BCUT2D eigenvalue weighted by Crippen LogP contribution is -2.45. The molecule has 2 aromatic rings. The molecule has 100 valence electrons. The van der Waals surface area contributed by atoms with Crippen LogP contribution in [0.25, 0.3) is 11.0 Å². The van der Waals surface area contributed by atoms with Crippen LogP contribution in [0.5, 0.6) is 0 Å². The van der Waals surface area contributed by atoms with Crippen molar-refractivity contribution < 1.29 is 9.21 Å². The van der Waals surface area contributed by atoms with Crippen molar-refractivity contribution in [1.82, 2.24) is 4.90 Å². The van der Waals surface area contributed by atoms with Gasteiger partial charge in [0.05, 0.1) is 0 Å². The van der Waals surface area contributed by atoms with E-state index < -0.39 is 0 Å². The van der Waals surface area contributed by atoms with Crippen LogP contribution in [0.2, 0.25) is 0 Å². The van der Waals surface area contributed by atoms with Gasteiger partial charge in [-0.05, 0) is 31.0 Å². The van der Waals surface area contributed by atoms with Gasteiger partial charge in [-0.15, -0.1) is 0 Å². The van der Waals surface area contributed by atoms with Gasteiger partial charge >= 0.3 is 0 Å². The highest BCUT2D eigenvalue weighted by molar-refractivity contribution is 9.10. The van der Waals surface area contributed by atoms with E-state index in [1.807, 2.05) is 18.2 Å². The average Bonchev–Trinajstić information content (AvgIpc) is 2.83. The van der Waals surface area contributed by atoms with Crippen molar-refractivity contribution >= 4 is 32.8 Å². The molecule has 2 N–H and O–H groups in total. The lowest BCUT2D eigenvalue weighted by Gasteiger charge is -2.29. The molecule has 4 nitrogen and oxygen atoms in total. The van der Waals surface area contributed by atoms with E-state index in [-0.39, 0.29) is 11.9 Å². The first kappa shape index (κ1) is 12.7. The van der Waals surface area contributed by atoms with Crippen molar-refractivity contribution in [3.63, 3.8) is 0 Å². The summed E-state index contributed by atoms with van der Waals surface area (Å²) in [4.78, 5) is 14.2. The highest BCUT2D eigenvalue weighted by Crippen LogP contribution is 2.27. The molecule has 0 aliphatic carbocycles. The number of nitrogens with zero attached hydrogens (tertiary/aromatic N) is 1. The maximum absolute atomic E-state index is 12.4. The summed E-state index contributed by atoms with van der Waals surface area (Å²) in [6, 6.07) is 7.55. The van der Waals surface area contributed by atoms with Crippen LogP contribution in [-0.4, -0.2) is 29.9 Å². The Morgan fingerprint density at radius 3 is 3.05 bits per heavy atom. The van der Waals surface area contributed by atoms with Gasteiger partial charge in [-0.2, -0.15) is 0 Å². The largest absolute Gasteiger partial charge is 0.451 e. The first-order valence-electron chi connectivity index (χ1n) is 6.38. The van der Waals surface area contributed by atoms with Crippen molar-refractivity contribution in [3.8, 4) is 0 Å². The summed E-state index contributed by atoms with van der Waals surface area (Å²) >= 11 is 3.46. The molecule has 2 heterocycles. The molecule has 1 amide bonds. The Morgan fingerprint density at radius 2 is 2.32 bits per heavy atom. The second-order valence-corrected chi connectivity index (χ2v) is 5.77. The van der Waals surface area contributed by atoms with Gasteiger partial charge in [-0.3, -0.25) is 4.79 Å². The van der Waals surface area contributed by atoms with E-state index in [0.717, 1.165) is 34.8 Å². The minimum Gasteiger partial charge on any atom is -0.451 e. The Balaban J connectivity index is 1.91. The summed E-state index contributed by atoms with van der Waals surface area (Å²) in [5.41, 5.74) is 6.63. The summed E-state index contributed by atoms with van der Waals surface area (Å²) in [5.74, 6) is 0.314. The second-order valence-electron chi connectivity index (χ2n) is 4.92. The minimum absolute atomic E-state index is 0.0711. The molecule has 3 rings (SSSR count). The number of carbonyl (C=O) groups excluding carboxylic acids is 1. The Hall–Kier alpha value is -1.33. The summed E-state index contributed by atoms with van der Waals surface area (Å²) in [6.45, 7) is 1.36. The maximum atomic E-state index is 12.4. The minimum atomic E-state index is -0.0711. The summed E-state index contributed by atoms with van der Waals surface area (Å²) in [7, 11) is 0. The molecular weight excluding hydrogens is 308 g/mol. The highest BCUT2D eigenvalue weighted by Gasteiger charge is 2.24. The molecule has 19 heavy (non-hydrogen) atoms. The SMILES string of the molecule is NC1CCCN(C(=O)c2cc3c(Br)cccc3o2)C1. The van der Waals surface area contributed by atoms with Gasteiger partial charge in [0.2, 0.25) is 0 Å². The molecule has 1 atom stereocenters. The average molecular weight is 323 g/mol. The number of nitrogens with two attached hydrogens (primary N) is 1. The third-order valence-corrected chi connectivity index (χ3v) is 4.16. The van der Waals surface area contributed by atoms with E-state index >= 15 is 0 Å². The molecule has 0 radical (unpaired) electrons. The zero-order chi connectivity index (χ0) is 13.4. The molecule has 5 heteroatoms. The predicted octanol–water partition coefficient (Wildman–Crippen LogP) is 2.76. The lowest BCUT2D eigenvalue weighted by atomic mass is 10.1. The molecule has 0 bridgehead atoms. The van der Waals surface area contributed by atoms with Crippen molar-refractivity contribution in [3.05, 3.63) is 34.5 Å². The first-order valence-corrected chi connectivity index (χ1v) is 7.17. The summed E-state index contributed by atoms with van der Waals surface area (Å²) < 4.78 is 6.57. The van der Waals surface area contributed by atoms with E-state index in [9.17, 15) is 4.79 Å². The van der Waals surface area contributed by atoms with Gasteiger partial charge in [0.15, 0.2) is 5.76 Å². The zero-order valence-electron chi connectivity index (χ0n) is 10.4. The molecule has 0 spiro atoms. The topological polar surface area (TPSA) is 59.5 Å².